The van der Waals surface area contributed by atoms with E-state index in [0.29, 0.717) is 15.8 Å². The highest BCUT2D eigenvalue weighted by Crippen LogP contribution is 2.28. The van der Waals surface area contributed by atoms with Crippen LogP contribution in [0.2, 0.25) is 5.02 Å². The maximum atomic E-state index is 11.2. The van der Waals surface area contributed by atoms with E-state index >= 15 is 0 Å². The van der Waals surface area contributed by atoms with Gasteiger partial charge in [-0.1, -0.05) is 11.6 Å². The van der Waals surface area contributed by atoms with Gasteiger partial charge in [-0.2, -0.15) is 5.06 Å². The van der Waals surface area contributed by atoms with Gasteiger partial charge in [0.25, 0.3) is 0 Å². The predicted molar refractivity (Wildman–Crippen MR) is 64.5 cm³/mol. The maximum Gasteiger partial charge on any atom is 0.345 e. The number of benzene rings is 1. The van der Waals surface area contributed by atoms with E-state index in [1.54, 1.807) is 23.1 Å². The Bertz CT molecular complexity index is 396. The second-order valence-electron chi connectivity index (χ2n) is 3.40. The number of halogens is 1. The maximum absolute atomic E-state index is 11.2. The number of anilines is 2. The van der Waals surface area contributed by atoms with Crippen LogP contribution in [0, 0.1) is 0 Å². The topological polar surface area (TPSA) is 55.8 Å². The third-order valence-corrected chi connectivity index (χ3v) is 2.38. The van der Waals surface area contributed by atoms with Gasteiger partial charge in [0.2, 0.25) is 0 Å². The average molecular weight is 244 g/mol. The molecule has 2 amide bonds. The number of urea groups is 1. The van der Waals surface area contributed by atoms with Gasteiger partial charge in [-0.05, 0) is 18.2 Å². The number of nitrogens with one attached hydrogen (secondary N) is 1. The van der Waals surface area contributed by atoms with Gasteiger partial charge >= 0.3 is 6.03 Å². The molecule has 0 aliphatic heterocycles. The van der Waals surface area contributed by atoms with Gasteiger partial charge in [0, 0.05) is 21.1 Å². The minimum atomic E-state index is -0.605. The first kappa shape index (κ1) is 12.6. The molecule has 1 aromatic carbocycles. The van der Waals surface area contributed by atoms with E-state index in [4.69, 9.17) is 11.6 Å². The fourth-order valence-corrected chi connectivity index (χ4v) is 1.49. The Morgan fingerprint density at radius 3 is 2.56 bits per heavy atom. The summed E-state index contributed by atoms with van der Waals surface area (Å²) in [4.78, 5) is 13.0. The summed E-state index contributed by atoms with van der Waals surface area (Å²) in [6.07, 6.45) is 0. The van der Waals surface area contributed by atoms with Crippen LogP contribution >= 0.6 is 11.6 Å². The number of hydrogen-bond acceptors (Lipinski definition) is 3. The first-order chi connectivity index (χ1) is 7.47. The molecule has 0 radical (unpaired) electrons. The molecule has 1 rings (SSSR count). The van der Waals surface area contributed by atoms with Gasteiger partial charge in [-0.25, -0.2) is 4.79 Å². The lowest BCUT2D eigenvalue weighted by Gasteiger charge is -2.19. The minimum absolute atomic E-state index is 0.354. The van der Waals surface area contributed by atoms with E-state index in [1.165, 1.54) is 7.05 Å². The van der Waals surface area contributed by atoms with Crippen LogP contribution in [-0.4, -0.2) is 32.4 Å². The van der Waals surface area contributed by atoms with Crippen LogP contribution in [0.25, 0.3) is 0 Å². The Kier molecular flexibility index (Phi) is 3.98. The third kappa shape index (κ3) is 2.56. The summed E-state index contributed by atoms with van der Waals surface area (Å²) in [5.41, 5.74) is 1.08. The monoisotopic (exact) mass is 243 g/mol. The molecule has 0 spiro atoms. The van der Waals surface area contributed by atoms with Crippen LogP contribution in [-0.2, 0) is 0 Å². The van der Waals surface area contributed by atoms with Crippen molar-refractivity contribution in [3.63, 3.8) is 0 Å². The smallest absolute Gasteiger partial charge is 0.345 e. The van der Waals surface area contributed by atoms with E-state index in [9.17, 15) is 10.0 Å². The minimum Gasteiger partial charge on any atom is -0.376 e. The lowest BCUT2D eigenvalue weighted by atomic mass is 10.2. The first-order valence-electron chi connectivity index (χ1n) is 4.65. The van der Waals surface area contributed by atoms with Crippen molar-refractivity contribution in [2.24, 2.45) is 0 Å². The van der Waals surface area contributed by atoms with Gasteiger partial charge in [0.05, 0.1) is 16.4 Å². The Morgan fingerprint density at radius 2 is 2.06 bits per heavy atom. The van der Waals surface area contributed by atoms with Crippen molar-refractivity contribution < 1.29 is 10.0 Å². The van der Waals surface area contributed by atoms with Gasteiger partial charge in [-0.15, -0.1) is 0 Å². The zero-order valence-electron chi connectivity index (χ0n) is 9.36. The predicted octanol–water partition coefficient (Wildman–Crippen LogP) is 1.94. The SMILES string of the molecule is CNC(=O)N(O)c1ccc(Cl)c(N(C)C)c1. The number of carbonyl (C=O) groups excluding carboxylic acids is 1. The normalized spacial score (nSPS) is 9.81. The number of nitrogens with zero attached hydrogens (tertiary/aromatic N) is 2. The van der Waals surface area contributed by atoms with E-state index in [0.717, 1.165) is 5.69 Å². The Labute approximate surface area is 99.2 Å². The van der Waals surface area contributed by atoms with Gasteiger partial charge in [-0.3, -0.25) is 5.21 Å². The summed E-state index contributed by atoms with van der Waals surface area (Å²) >= 11 is 5.97. The number of rotatable bonds is 2. The molecule has 0 atom stereocenters. The lowest BCUT2D eigenvalue weighted by Crippen LogP contribution is -2.35. The fraction of sp³-hybridized carbons (Fsp3) is 0.300. The molecule has 5 nitrogen and oxygen atoms in total. The van der Waals surface area contributed by atoms with Crippen molar-refractivity contribution in [3.05, 3.63) is 23.2 Å². The van der Waals surface area contributed by atoms with Crippen molar-refractivity contribution in [1.29, 1.82) is 0 Å². The van der Waals surface area contributed by atoms with Gasteiger partial charge in [0.1, 0.15) is 0 Å². The molecule has 0 aliphatic rings. The fourth-order valence-electron chi connectivity index (χ4n) is 1.20. The Balaban J connectivity index is 3.07. The molecule has 16 heavy (non-hydrogen) atoms. The van der Waals surface area contributed by atoms with Crippen LogP contribution in [0.1, 0.15) is 0 Å². The van der Waals surface area contributed by atoms with Crippen LogP contribution < -0.4 is 15.3 Å². The number of carbonyl (C=O) groups is 1. The summed E-state index contributed by atoms with van der Waals surface area (Å²) in [5, 5.41) is 12.9. The molecule has 0 aromatic heterocycles. The zero-order valence-corrected chi connectivity index (χ0v) is 10.1. The molecular formula is C10H14ClN3O2. The van der Waals surface area contributed by atoms with E-state index in [2.05, 4.69) is 5.32 Å². The lowest BCUT2D eigenvalue weighted by molar-refractivity contribution is 0.206. The Morgan fingerprint density at radius 1 is 1.44 bits per heavy atom. The van der Waals surface area contributed by atoms with Crippen molar-refractivity contribution in [2.75, 3.05) is 31.1 Å². The summed E-state index contributed by atoms with van der Waals surface area (Å²) in [6, 6.07) is 4.20. The van der Waals surface area contributed by atoms with Crippen molar-refractivity contribution in [2.45, 2.75) is 0 Å². The third-order valence-electron chi connectivity index (χ3n) is 2.06. The molecule has 0 unspecified atom stereocenters. The number of hydroxylamine groups is 1. The quantitative estimate of drug-likeness (QED) is 0.617. The molecule has 0 saturated heterocycles. The van der Waals surface area contributed by atoms with Crippen molar-refractivity contribution in [1.82, 2.24) is 5.32 Å². The second kappa shape index (κ2) is 5.05. The van der Waals surface area contributed by atoms with Gasteiger partial charge < -0.3 is 10.2 Å². The van der Waals surface area contributed by atoms with E-state index in [-0.39, 0.29) is 0 Å². The highest BCUT2D eigenvalue weighted by Gasteiger charge is 2.13. The zero-order chi connectivity index (χ0) is 12.3. The van der Waals surface area contributed by atoms with Crippen molar-refractivity contribution in [3.8, 4) is 0 Å². The molecule has 1 aromatic rings. The molecule has 0 saturated carbocycles. The van der Waals surface area contributed by atoms with Crippen LogP contribution in [0.4, 0.5) is 16.2 Å². The highest BCUT2D eigenvalue weighted by molar-refractivity contribution is 6.33. The molecular weight excluding hydrogens is 230 g/mol. The van der Waals surface area contributed by atoms with Crippen LogP contribution in [0.15, 0.2) is 18.2 Å². The van der Waals surface area contributed by atoms with Gasteiger partial charge in [0.15, 0.2) is 0 Å². The average Bonchev–Trinajstić information content (AvgIpc) is 2.27. The largest absolute Gasteiger partial charge is 0.376 e. The summed E-state index contributed by atoms with van der Waals surface area (Å²) < 4.78 is 0. The highest BCUT2D eigenvalue weighted by atomic mass is 35.5. The second-order valence-corrected chi connectivity index (χ2v) is 3.80. The summed E-state index contributed by atoms with van der Waals surface area (Å²) in [7, 11) is 5.09. The molecule has 0 bridgehead atoms. The number of amides is 2. The van der Waals surface area contributed by atoms with Crippen LogP contribution in [0.5, 0.6) is 0 Å². The Hall–Kier alpha value is -1.46. The molecule has 6 heteroatoms. The van der Waals surface area contributed by atoms with Crippen molar-refractivity contribution >= 4 is 29.0 Å². The molecule has 2 N–H and O–H groups in total. The molecule has 88 valence electrons. The van der Waals surface area contributed by atoms with E-state index in [1.807, 2.05) is 14.1 Å². The van der Waals surface area contributed by atoms with Crippen LogP contribution in [0.3, 0.4) is 0 Å². The molecule has 0 aliphatic carbocycles. The molecule has 0 fully saturated rings. The standard InChI is InChI=1S/C10H14ClN3O2/c1-12-10(15)14(16)7-4-5-8(11)9(6-7)13(2)3/h4-6,16H,1-3H3,(H,12,15). The number of hydrogen-bond donors (Lipinski definition) is 2. The summed E-state index contributed by atoms with van der Waals surface area (Å²) in [5.74, 6) is 0. The van der Waals surface area contributed by atoms with E-state index < -0.39 is 6.03 Å². The first-order valence-corrected chi connectivity index (χ1v) is 5.02. The summed E-state index contributed by atoms with van der Waals surface area (Å²) in [6.45, 7) is 0. The molecule has 0 heterocycles.